The number of anilines is 1. The van der Waals surface area contributed by atoms with Gasteiger partial charge in [-0.2, -0.15) is 0 Å². The van der Waals surface area contributed by atoms with Gasteiger partial charge in [-0.05, 0) is 55.3 Å². The first-order valence-corrected chi connectivity index (χ1v) is 11.5. The van der Waals surface area contributed by atoms with Crippen molar-refractivity contribution in [3.63, 3.8) is 0 Å². The van der Waals surface area contributed by atoms with Gasteiger partial charge in [0.1, 0.15) is 5.03 Å². The minimum absolute atomic E-state index is 0.133. The zero-order chi connectivity index (χ0) is 23.2. The van der Waals surface area contributed by atoms with Crippen LogP contribution in [0.1, 0.15) is 33.6 Å². The Morgan fingerprint density at radius 2 is 1.67 bits per heavy atom. The number of nitrogens with zero attached hydrogens (tertiary/aromatic N) is 2. The fourth-order valence-corrected chi connectivity index (χ4v) is 4.42. The Morgan fingerprint density at radius 3 is 2.30 bits per heavy atom. The molecule has 1 aliphatic rings. The predicted molar refractivity (Wildman–Crippen MR) is 127 cm³/mol. The summed E-state index contributed by atoms with van der Waals surface area (Å²) >= 11 is 1.52. The number of pyridine rings is 1. The van der Waals surface area contributed by atoms with E-state index in [1.165, 1.54) is 26.0 Å². The van der Waals surface area contributed by atoms with E-state index in [0.717, 1.165) is 22.8 Å². The van der Waals surface area contributed by atoms with Gasteiger partial charge in [0.25, 0.3) is 11.8 Å². The maximum Gasteiger partial charge on any atom is 0.256 e. The molecule has 3 aromatic rings. The first kappa shape index (κ1) is 22.7. The van der Waals surface area contributed by atoms with Crippen LogP contribution in [0.3, 0.4) is 0 Å². The molecule has 0 bridgehead atoms. The van der Waals surface area contributed by atoms with Crippen LogP contribution in [0.2, 0.25) is 0 Å². The molecule has 0 spiro atoms. The molecule has 8 heteroatoms. The molecule has 2 amide bonds. The molecule has 170 valence electrons. The van der Waals surface area contributed by atoms with E-state index in [0.29, 0.717) is 41.4 Å². The summed E-state index contributed by atoms with van der Waals surface area (Å²) in [5.74, 6) is 0.430. The van der Waals surface area contributed by atoms with Crippen LogP contribution in [0.25, 0.3) is 0 Å². The smallest absolute Gasteiger partial charge is 0.256 e. The fourth-order valence-electron chi connectivity index (χ4n) is 3.65. The van der Waals surface area contributed by atoms with Gasteiger partial charge < -0.3 is 19.7 Å². The molecule has 0 aliphatic carbocycles. The van der Waals surface area contributed by atoms with Gasteiger partial charge in [-0.3, -0.25) is 9.59 Å². The van der Waals surface area contributed by atoms with Crippen molar-refractivity contribution >= 4 is 29.3 Å². The van der Waals surface area contributed by atoms with E-state index < -0.39 is 0 Å². The van der Waals surface area contributed by atoms with Crippen molar-refractivity contribution in [1.82, 2.24) is 9.88 Å². The quantitative estimate of drug-likeness (QED) is 0.545. The summed E-state index contributed by atoms with van der Waals surface area (Å²) in [5.41, 5.74) is 1.25. The number of likely N-dealkylation sites (tertiary alicyclic amines) is 1. The largest absolute Gasteiger partial charge is 0.493 e. The molecule has 1 aromatic heterocycles. The van der Waals surface area contributed by atoms with Crippen LogP contribution in [0, 0.1) is 0 Å². The Kier molecular flexibility index (Phi) is 7.14. The third-order valence-electron chi connectivity index (χ3n) is 5.37. The van der Waals surface area contributed by atoms with Gasteiger partial charge in [0, 0.05) is 35.8 Å². The molecule has 1 fully saturated rings. The zero-order valence-corrected chi connectivity index (χ0v) is 19.4. The summed E-state index contributed by atoms with van der Waals surface area (Å²) in [7, 11) is 3.04. The van der Waals surface area contributed by atoms with Crippen LogP contribution >= 0.6 is 11.8 Å². The minimum Gasteiger partial charge on any atom is -0.493 e. The molecule has 7 nitrogen and oxygen atoms in total. The number of ether oxygens (including phenoxy) is 2. The number of amides is 2. The van der Waals surface area contributed by atoms with Crippen molar-refractivity contribution in [2.45, 2.75) is 22.8 Å². The lowest BCUT2D eigenvalue weighted by Gasteiger charge is -2.20. The van der Waals surface area contributed by atoms with Crippen LogP contribution in [-0.4, -0.2) is 49.0 Å². The third kappa shape index (κ3) is 5.28. The van der Waals surface area contributed by atoms with E-state index in [4.69, 9.17) is 9.47 Å². The van der Waals surface area contributed by atoms with Gasteiger partial charge >= 0.3 is 0 Å². The number of carbonyl (C=O) groups is 2. The summed E-state index contributed by atoms with van der Waals surface area (Å²) < 4.78 is 10.8. The average Bonchev–Trinajstić information content (AvgIpc) is 3.39. The van der Waals surface area contributed by atoms with E-state index in [-0.39, 0.29) is 11.8 Å². The van der Waals surface area contributed by atoms with Crippen LogP contribution in [0.5, 0.6) is 11.5 Å². The molecule has 4 rings (SSSR count). The number of methoxy groups -OCH3 is 2. The van der Waals surface area contributed by atoms with E-state index >= 15 is 0 Å². The summed E-state index contributed by atoms with van der Waals surface area (Å²) in [6.07, 6.45) is 3.70. The van der Waals surface area contributed by atoms with Gasteiger partial charge in [-0.1, -0.05) is 17.8 Å². The highest BCUT2D eigenvalue weighted by atomic mass is 32.2. The lowest BCUT2D eigenvalue weighted by Crippen LogP contribution is -2.29. The summed E-state index contributed by atoms with van der Waals surface area (Å²) in [4.78, 5) is 33.2. The molecule has 0 saturated carbocycles. The topological polar surface area (TPSA) is 80.8 Å². The number of benzene rings is 2. The summed E-state index contributed by atoms with van der Waals surface area (Å²) in [6, 6.07) is 16.2. The maximum absolute atomic E-state index is 13.1. The normalized spacial score (nSPS) is 13.0. The van der Waals surface area contributed by atoms with Gasteiger partial charge in [0.2, 0.25) is 0 Å². The van der Waals surface area contributed by atoms with Crippen molar-refractivity contribution in [3.8, 4) is 11.5 Å². The maximum atomic E-state index is 13.1. The Hall–Kier alpha value is -3.52. The number of aromatic nitrogens is 1. The number of hydrogen-bond acceptors (Lipinski definition) is 6. The number of nitrogens with one attached hydrogen (secondary N) is 1. The molecular formula is C25H25N3O4S. The predicted octanol–water partition coefficient (Wildman–Crippen LogP) is 4.74. The van der Waals surface area contributed by atoms with E-state index in [9.17, 15) is 9.59 Å². The molecule has 1 N–H and O–H groups in total. The van der Waals surface area contributed by atoms with Gasteiger partial charge in [-0.15, -0.1) is 0 Å². The van der Waals surface area contributed by atoms with E-state index in [2.05, 4.69) is 10.3 Å². The van der Waals surface area contributed by atoms with E-state index in [1.807, 2.05) is 30.3 Å². The van der Waals surface area contributed by atoms with Crippen molar-refractivity contribution < 1.29 is 19.1 Å². The van der Waals surface area contributed by atoms with Crippen LogP contribution < -0.4 is 14.8 Å². The monoisotopic (exact) mass is 463 g/mol. The van der Waals surface area contributed by atoms with Gasteiger partial charge in [0.15, 0.2) is 11.5 Å². The molecule has 0 radical (unpaired) electrons. The lowest BCUT2D eigenvalue weighted by atomic mass is 10.1. The van der Waals surface area contributed by atoms with Crippen molar-refractivity contribution in [2.75, 3.05) is 32.6 Å². The average molecular weight is 464 g/mol. The third-order valence-corrected chi connectivity index (χ3v) is 6.33. The number of hydrogen-bond donors (Lipinski definition) is 1. The Morgan fingerprint density at radius 1 is 0.970 bits per heavy atom. The van der Waals surface area contributed by atoms with E-state index in [1.54, 1.807) is 35.4 Å². The van der Waals surface area contributed by atoms with Crippen molar-refractivity contribution in [3.05, 3.63) is 71.9 Å². The van der Waals surface area contributed by atoms with Gasteiger partial charge in [-0.25, -0.2) is 4.98 Å². The van der Waals surface area contributed by atoms with Crippen LogP contribution in [0.15, 0.2) is 70.7 Å². The molecule has 2 aromatic carbocycles. The molecular weight excluding hydrogens is 438 g/mol. The SMILES string of the molecule is COc1cc(NC(=O)c2ccc(Sc3ccccn3)cc2)c(C(=O)N2CCCC2)cc1OC. The second-order valence-electron chi connectivity index (χ2n) is 7.50. The highest BCUT2D eigenvalue weighted by Gasteiger charge is 2.25. The molecule has 0 atom stereocenters. The first-order valence-electron chi connectivity index (χ1n) is 10.6. The first-order chi connectivity index (χ1) is 16.1. The second-order valence-corrected chi connectivity index (χ2v) is 8.59. The fraction of sp³-hybridized carbons (Fsp3) is 0.240. The second kappa shape index (κ2) is 10.4. The molecule has 1 saturated heterocycles. The molecule has 33 heavy (non-hydrogen) atoms. The minimum atomic E-state index is -0.313. The molecule has 1 aliphatic heterocycles. The van der Waals surface area contributed by atoms with Crippen molar-refractivity contribution in [2.24, 2.45) is 0 Å². The Bertz CT molecular complexity index is 1130. The van der Waals surface area contributed by atoms with Crippen LogP contribution in [-0.2, 0) is 0 Å². The van der Waals surface area contributed by atoms with Crippen LogP contribution in [0.4, 0.5) is 5.69 Å². The lowest BCUT2D eigenvalue weighted by molar-refractivity contribution is 0.0793. The summed E-state index contributed by atoms with van der Waals surface area (Å²) in [5, 5.41) is 3.76. The number of rotatable bonds is 7. The highest BCUT2D eigenvalue weighted by Crippen LogP contribution is 2.35. The standard InChI is InChI=1S/C25H25N3O4S/c1-31-21-15-19(25(30)28-13-5-6-14-28)20(16-22(21)32-2)27-24(29)17-8-10-18(11-9-17)33-23-7-3-4-12-26-23/h3-4,7-12,15-16H,5-6,13-14H2,1-2H3,(H,27,29). The molecule has 0 unspecified atom stereocenters. The molecule has 2 heterocycles. The Labute approximate surface area is 197 Å². The Balaban J connectivity index is 1.56. The zero-order valence-electron chi connectivity index (χ0n) is 18.5. The highest BCUT2D eigenvalue weighted by molar-refractivity contribution is 7.99. The number of carbonyl (C=O) groups excluding carboxylic acids is 2. The van der Waals surface area contributed by atoms with Crippen molar-refractivity contribution in [1.29, 1.82) is 0 Å². The van der Waals surface area contributed by atoms with Gasteiger partial charge in [0.05, 0.1) is 25.5 Å². The summed E-state index contributed by atoms with van der Waals surface area (Å²) in [6.45, 7) is 1.41.